The fraction of sp³-hybridized carbons (Fsp3) is 0.235. The highest BCUT2D eigenvalue weighted by molar-refractivity contribution is 7.14. The van der Waals surface area contributed by atoms with Crippen LogP contribution in [0.15, 0.2) is 24.3 Å². The van der Waals surface area contributed by atoms with Crippen LogP contribution in [0.4, 0.5) is 5.69 Å². The highest BCUT2D eigenvalue weighted by Crippen LogP contribution is 2.22. The van der Waals surface area contributed by atoms with Gasteiger partial charge < -0.3 is 11.1 Å². The molecule has 108 valence electrons. The molecule has 1 heterocycles. The molecule has 2 rings (SSSR count). The van der Waals surface area contributed by atoms with Crippen LogP contribution in [0.3, 0.4) is 0 Å². The minimum Gasteiger partial charge on any atom is -0.321 e. The van der Waals surface area contributed by atoms with E-state index in [2.05, 4.69) is 17.2 Å². The Morgan fingerprint density at radius 3 is 2.62 bits per heavy atom. The average molecular weight is 298 g/mol. The average Bonchev–Trinajstić information content (AvgIpc) is 2.76. The van der Waals surface area contributed by atoms with Gasteiger partial charge in [-0.15, -0.1) is 11.3 Å². The van der Waals surface area contributed by atoms with E-state index in [0.29, 0.717) is 6.54 Å². The molecule has 0 atom stereocenters. The van der Waals surface area contributed by atoms with Crippen molar-refractivity contribution in [3.63, 3.8) is 0 Å². The van der Waals surface area contributed by atoms with Gasteiger partial charge in [0, 0.05) is 16.1 Å². The second kappa shape index (κ2) is 6.57. The van der Waals surface area contributed by atoms with Gasteiger partial charge in [0.1, 0.15) is 0 Å². The first-order chi connectivity index (χ1) is 9.99. The summed E-state index contributed by atoms with van der Waals surface area (Å²) in [7, 11) is 0. The molecule has 0 aliphatic carbocycles. The summed E-state index contributed by atoms with van der Waals surface area (Å²) < 4.78 is 0. The number of hydrogen-bond donors (Lipinski definition) is 2. The van der Waals surface area contributed by atoms with Crippen LogP contribution in [0.25, 0.3) is 0 Å². The normalized spacial score (nSPS) is 9.90. The minimum atomic E-state index is -0.0838. The van der Waals surface area contributed by atoms with Crippen LogP contribution in [0.1, 0.15) is 31.2 Å². The number of thiophene rings is 1. The molecular weight excluding hydrogens is 280 g/mol. The highest BCUT2D eigenvalue weighted by Gasteiger charge is 2.11. The maximum absolute atomic E-state index is 12.3. The Kier molecular flexibility index (Phi) is 4.79. The van der Waals surface area contributed by atoms with Gasteiger partial charge in [0.15, 0.2) is 0 Å². The van der Waals surface area contributed by atoms with Crippen LogP contribution in [-0.4, -0.2) is 12.5 Å². The van der Waals surface area contributed by atoms with Gasteiger partial charge in [0.05, 0.1) is 11.4 Å². The molecule has 0 unspecified atom stereocenters. The second-order valence-electron chi connectivity index (χ2n) is 4.90. The van der Waals surface area contributed by atoms with Gasteiger partial charge in [-0.05, 0) is 56.2 Å². The summed E-state index contributed by atoms with van der Waals surface area (Å²) in [4.78, 5) is 14.1. The molecule has 0 spiro atoms. The molecule has 0 aliphatic heterocycles. The molecule has 0 bridgehead atoms. The molecule has 1 aromatic carbocycles. The van der Waals surface area contributed by atoms with Gasteiger partial charge in [-0.3, -0.25) is 4.79 Å². The van der Waals surface area contributed by atoms with Crippen LogP contribution < -0.4 is 11.1 Å². The summed E-state index contributed by atoms with van der Waals surface area (Å²) >= 11 is 1.51. The predicted molar refractivity (Wildman–Crippen MR) is 88.9 cm³/mol. The Balaban J connectivity index is 2.22. The zero-order chi connectivity index (χ0) is 15.4. The van der Waals surface area contributed by atoms with E-state index in [1.165, 1.54) is 16.2 Å². The maximum atomic E-state index is 12.3. The van der Waals surface area contributed by atoms with E-state index in [1.54, 1.807) is 0 Å². The van der Waals surface area contributed by atoms with Crippen LogP contribution in [0.5, 0.6) is 0 Å². The Morgan fingerprint density at radius 2 is 2.00 bits per heavy atom. The van der Waals surface area contributed by atoms with E-state index < -0.39 is 0 Å². The number of anilines is 1. The molecule has 0 saturated heterocycles. The summed E-state index contributed by atoms with van der Waals surface area (Å²) in [5.74, 6) is 5.73. The molecule has 2 aromatic rings. The van der Waals surface area contributed by atoms with E-state index in [0.717, 1.165) is 27.3 Å². The Bertz CT molecular complexity index is 715. The topological polar surface area (TPSA) is 55.1 Å². The zero-order valence-corrected chi connectivity index (χ0v) is 13.2. The molecular formula is C17H18N2OS. The molecule has 21 heavy (non-hydrogen) atoms. The minimum absolute atomic E-state index is 0.0838. The third kappa shape index (κ3) is 3.94. The third-order valence-corrected chi connectivity index (χ3v) is 4.21. The number of carbonyl (C=O) groups is 1. The summed E-state index contributed by atoms with van der Waals surface area (Å²) in [6.45, 7) is 6.33. The monoisotopic (exact) mass is 298 g/mol. The molecule has 0 radical (unpaired) electrons. The third-order valence-electron chi connectivity index (χ3n) is 3.06. The van der Waals surface area contributed by atoms with Gasteiger partial charge in [0.25, 0.3) is 5.91 Å². The van der Waals surface area contributed by atoms with Crippen LogP contribution >= 0.6 is 11.3 Å². The van der Waals surface area contributed by atoms with Crippen molar-refractivity contribution >= 4 is 22.9 Å². The quantitative estimate of drug-likeness (QED) is 0.836. The second-order valence-corrected chi connectivity index (χ2v) is 6.15. The van der Waals surface area contributed by atoms with E-state index >= 15 is 0 Å². The molecule has 3 N–H and O–H groups in total. The Labute approximate surface area is 129 Å². The molecule has 1 amide bonds. The first-order valence-corrected chi connectivity index (χ1v) is 7.50. The number of aryl methyl sites for hydroxylation is 3. The number of amides is 1. The van der Waals surface area contributed by atoms with Crippen molar-refractivity contribution in [3.05, 3.63) is 50.7 Å². The standard InChI is InChI=1S/C17H18N2OS/c1-11-7-14(5-4-6-18)10-15(8-11)19-17(20)16-9-12(2)13(3)21-16/h7-10H,6,18H2,1-3H3,(H,19,20). The lowest BCUT2D eigenvalue weighted by atomic mass is 10.1. The van der Waals surface area contributed by atoms with Crippen LogP contribution in [0, 0.1) is 32.6 Å². The van der Waals surface area contributed by atoms with Crippen molar-refractivity contribution in [2.24, 2.45) is 5.73 Å². The largest absolute Gasteiger partial charge is 0.321 e. The summed E-state index contributed by atoms with van der Waals surface area (Å²) in [6.07, 6.45) is 0. The fourth-order valence-corrected chi connectivity index (χ4v) is 2.89. The smallest absolute Gasteiger partial charge is 0.265 e. The molecule has 0 fully saturated rings. The van der Waals surface area contributed by atoms with E-state index in [9.17, 15) is 4.79 Å². The zero-order valence-electron chi connectivity index (χ0n) is 12.4. The van der Waals surface area contributed by atoms with E-state index in [1.807, 2.05) is 45.0 Å². The van der Waals surface area contributed by atoms with Crippen molar-refractivity contribution in [1.29, 1.82) is 0 Å². The number of nitrogens with two attached hydrogens (primary N) is 1. The Hall–Kier alpha value is -2.09. The first-order valence-electron chi connectivity index (χ1n) is 6.68. The van der Waals surface area contributed by atoms with Crippen molar-refractivity contribution in [3.8, 4) is 11.8 Å². The molecule has 0 aliphatic rings. The van der Waals surface area contributed by atoms with Gasteiger partial charge in [-0.1, -0.05) is 11.8 Å². The van der Waals surface area contributed by atoms with Gasteiger partial charge in [-0.2, -0.15) is 0 Å². The van der Waals surface area contributed by atoms with Crippen molar-refractivity contribution in [2.45, 2.75) is 20.8 Å². The fourth-order valence-electron chi connectivity index (χ4n) is 1.96. The van der Waals surface area contributed by atoms with Gasteiger partial charge in [-0.25, -0.2) is 0 Å². The maximum Gasteiger partial charge on any atom is 0.265 e. The lowest BCUT2D eigenvalue weighted by Crippen LogP contribution is -2.10. The molecule has 3 nitrogen and oxygen atoms in total. The summed E-state index contributed by atoms with van der Waals surface area (Å²) in [6, 6.07) is 7.68. The number of benzene rings is 1. The van der Waals surface area contributed by atoms with Crippen molar-refractivity contribution < 1.29 is 4.79 Å². The Morgan fingerprint density at radius 1 is 1.24 bits per heavy atom. The molecule has 4 heteroatoms. The molecule has 0 saturated carbocycles. The predicted octanol–water partition coefficient (Wildman–Crippen LogP) is 3.24. The SMILES string of the molecule is Cc1cc(C#CCN)cc(NC(=O)c2cc(C)c(C)s2)c1. The summed E-state index contributed by atoms with van der Waals surface area (Å²) in [5, 5.41) is 2.93. The molecule has 1 aromatic heterocycles. The first kappa shape index (κ1) is 15.3. The van der Waals surface area contributed by atoms with Gasteiger partial charge >= 0.3 is 0 Å². The van der Waals surface area contributed by atoms with E-state index in [4.69, 9.17) is 5.73 Å². The van der Waals surface area contributed by atoms with Gasteiger partial charge in [0.2, 0.25) is 0 Å². The summed E-state index contributed by atoms with van der Waals surface area (Å²) in [5.41, 5.74) is 9.19. The number of carbonyl (C=O) groups excluding carboxylic acids is 1. The highest BCUT2D eigenvalue weighted by atomic mass is 32.1. The van der Waals surface area contributed by atoms with Crippen molar-refractivity contribution in [2.75, 3.05) is 11.9 Å². The number of hydrogen-bond acceptors (Lipinski definition) is 3. The van der Waals surface area contributed by atoms with E-state index in [-0.39, 0.29) is 5.91 Å². The number of nitrogens with one attached hydrogen (secondary N) is 1. The lowest BCUT2D eigenvalue weighted by Gasteiger charge is -2.06. The van der Waals surface area contributed by atoms with Crippen LogP contribution in [0.2, 0.25) is 0 Å². The lowest BCUT2D eigenvalue weighted by molar-refractivity contribution is 0.103. The number of rotatable bonds is 2. The van der Waals surface area contributed by atoms with Crippen molar-refractivity contribution in [1.82, 2.24) is 0 Å². The van der Waals surface area contributed by atoms with Crippen LogP contribution in [-0.2, 0) is 0 Å².